The molecule has 4 unspecified atom stereocenters. The first-order valence-electron chi connectivity index (χ1n) is 12.8. The zero-order valence-electron chi connectivity index (χ0n) is 21.6. The molecule has 3 heterocycles. The van der Waals surface area contributed by atoms with Crippen molar-refractivity contribution in [2.24, 2.45) is 5.41 Å². The van der Waals surface area contributed by atoms with E-state index in [4.69, 9.17) is 21.1 Å². The van der Waals surface area contributed by atoms with Gasteiger partial charge in [0.2, 0.25) is 0 Å². The van der Waals surface area contributed by atoms with Crippen LogP contribution in [-0.2, 0) is 16.8 Å². The van der Waals surface area contributed by atoms with Crippen molar-refractivity contribution < 1.29 is 24.0 Å². The average Bonchev–Trinajstić information content (AvgIpc) is 3.66. The number of fused-ring (bicyclic) bond motifs is 6. The molecule has 1 aliphatic carbocycles. The molecule has 1 amide bonds. The van der Waals surface area contributed by atoms with Crippen molar-refractivity contribution in [3.63, 3.8) is 0 Å². The third kappa shape index (κ3) is 2.93. The summed E-state index contributed by atoms with van der Waals surface area (Å²) in [5, 5.41) is 15.4. The Labute approximate surface area is 238 Å². The Morgan fingerprint density at radius 2 is 1.85 bits per heavy atom. The summed E-state index contributed by atoms with van der Waals surface area (Å²) in [5.74, 6) is 1.02. The lowest BCUT2D eigenvalue weighted by Crippen LogP contribution is -2.58. The SMILES string of the molecule is COc1cc2c(cc1OC)C(=O)C1(C2)C(c2ccccc2Cl)C2CSCN2C12C(=O)Nc1ccc([N+](=O)[O-])cc12. The summed E-state index contributed by atoms with van der Waals surface area (Å²) in [4.78, 5) is 43.1. The van der Waals surface area contributed by atoms with Crippen molar-refractivity contribution in [3.8, 4) is 11.5 Å². The number of ether oxygens (including phenoxy) is 2. The Balaban J connectivity index is 1.58. The fourth-order valence-corrected chi connectivity index (χ4v) is 9.20. The highest BCUT2D eigenvalue weighted by molar-refractivity contribution is 7.99. The molecule has 11 heteroatoms. The number of carbonyl (C=O) groups excluding carboxylic acids is 2. The fraction of sp³-hybridized carbons (Fsp3) is 0.310. The van der Waals surface area contributed by atoms with Crippen LogP contribution in [0.5, 0.6) is 11.5 Å². The molecular formula is C29H24ClN3O6S. The highest BCUT2D eigenvalue weighted by atomic mass is 35.5. The van der Waals surface area contributed by atoms with Gasteiger partial charge in [-0.15, -0.1) is 11.8 Å². The zero-order chi connectivity index (χ0) is 28.0. The van der Waals surface area contributed by atoms with Gasteiger partial charge in [-0.1, -0.05) is 29.8 Å². The fourth-order valence-electron chi connectivity index (χ4n) is 7.65. The van der Waals surface area contributed by atoms with E-state index in [0.29, 0.717) is 45.0 Å². The molecular weight excluding hydrogens is 554 g/mol. The number of nitrogens with zero attached hydrogens (tertiary/aromatic N) is 2. The standard InChI is InChI=1S/C29H24ClN3O6S/c1-38-23-9-15-12-28(26(34)18(15)11-24(23)39-2)25(17-5-3-4-6-20(17)30)22-13-40-14-32(22)29(28)19-10-16(33(36)37)7-8-21(19)31-27(29)35/h3-11,22,25H,12-14H2,1-2H3,(H,31,35). The van der Waals surface area contributed by atoms with Gasteiger partial charge in [0, 0.05) is 57.6 Å². The number of methoxy groups -OCH3 is 2. The second kappa shape index (κ2) is 8.70. The summed E-state index contributed by atoms with van der Waals surface area (Å²) in [5.41, 5.74) is -0.0741. The van der Waals surface area contributed by atoms with Crippen molar-refractivity contribution in [3.05, 3.63) is 92.0 Å². The number of ketones is 1. The molecule has 3 aromatic rings. The molecule has 7 rings (SSSR count). The Kier molecular flexibility index (Phi) is 5.52. The lowest BCUT2D eigenvalue weighted by molar-refractivity contribution is -0.385. The Morgan fingerprint density at radius 3 is 2.58 bits per heavy atom. The van der Waals surface area contributed by atoms with Gasteiger partial charge in [-0.05, 0) is 41.8 Å². The van der Waals surface area contributed by atoms with Crippen LogP contribution in [0.15, 0.2) is 54.6 Å². The van der Waals surface area contributed by atoms with E-state index in [2.05, 4.69) is 10.2 Å². The summed E-state index contributed by atoms with van der Waals surface area (Å²) >= 11 is 8.52. The average molecular weight is 578 g/mol. The van der Waals surface area contributed by atoms with Crippen molar-refractivity contribution in [2.45, 2.75) is 23.9 Å². The number of benzene rings is 3. The van der Waals surface area contributed by atoms with E-state index in [9.17, 15) is 14.9 Å². The molecule has 2 fully saturated rings. The van der Waals surface area contributed by atoms with Crippen LogP contribution in [0.2, 0.25) is 5.02 Å². The van der Waals surface area contributed by atoms with Gasteiger partial charge >= 0.3 is 0 Å². The van der Waals surface area contributed by atoms with Gasteiger partial charge in [-0.2, -0.15) is 0 Å². The minimum atomic E-state index is -1.50. The van der Waals surface area contributed by atoms with Crippen LogP contribution in [0.4, 0.5) is 11.4 Å². The van der Waals surface area contributed by atoms with Gasteiger partial charge in [0.05, 0.1) is 24.6 Å². The van der Waals surface area contributed by atoms with Gasteiger partial charge in [0.1, 0.15) is 5.54 Å². The topological polar surface area (TPSA) is 111 Å². The van der Waals surface area contributed by atoms with Gasteiger partial charge in [-0.25, -0.2) is 0 Å². The molecule has 40 heavy (non-hydrogen) atoms. The predicted octanol–water partition coefficient (Wildman–Crippen LogP) is 5.01. The number of carbonyl (C=O) groups is 2. The largest absolute Gasteiger partial charge is 0.493 e. The van der Waals surface area contributed by atoms with Gasteiger partial charge in [0.15, 0.2) is 17.3 Å². The van der Waals surface area contributed by atoms with Crippen LogP contribution in [0.25, 0.3) is 0 Å². The van der Waals surface area contributed by atoms with E-state index in [1.807, 2.05) is 18.2 Å². The van der Waals surface area contributed by atoms with E-state index in [1.54, 1.807) is 36.0 Å². The number of nitro groups is 1. The number of amides is 1. The third-order valence-electron chi connectivity index (χ3n) is 9.06. The van der Waals surface area contributed by atoms with Crippen LogP contribution in [0, 0.1) is 15.5 Å². The van der Waals surface area contributed by atoms with Crippen LogP contribution in [0.1, 0.15) is 33.0 Å². The molecule has 0 saturated carbocycles. The Morgan fingerprint density at radius 1 is 1.10 bits per heavy atom. The molecule has 2 saturated heterocycles. The maximum absolute atomic E-state index is 15.1. The maximum atomic E-state index is 15.1. The number of hydrogen-bond donors (Lipinski definition) is 1. The first kappa shape index (κ1) is 25.4. The second-order valence-corrected chi connectivity index (χ2v) is 11.9. The number of halogens is 1. The minimum absolute atomic E-state index is 0.138. The molecule has 0 bridgehead atoms. The van der Waals surface area contributed by atoms with Gasteiger partial charge in [-0.3, -0.25) is 24.6 Å². The minimum Gasteiger partial charge on any atom is -0.493 e. The molecule has 0 radical (unpaired) electrons. The molecule has 1 N–H and O–H groups in total. The van der Waals surface area contributed by atoms with E-state index in [0.717, 1.165) is 11.1 Å². The van der Waals surface area contributed by atoms with E-state index in [1.165, 1.54) is 26.4 Å². The summed E-state index contributed by atoms with van der Waals surface area (Å²) < 4.78 is 11.1. The monoisotopic (exact) mass is 577 g/mol. The molecule has 4 atom stereocenters. The Bertz CT molecular complexity index is 1650. The van der Waals surface area contributed by atoms with Crippen LogP contribution >= 0.6 is 23.4 Å². The van der Waals surface area contributed by atoms with E-state index >= 15 is 4.79 Å². The Hall–Kier alpha value is -3.60. The number of Topliss-reactive ketones (excluding diaryl/α,β-unsaturated/α-hetero) is 1. The van der Waals surface area contributed by atoms with Crippen molar-refractivity contribution in [1.82, 2.24) is 4.90 Å². The first-order chi connectivity index (χ1) is 19.3. The summed E-state index contributed by atoms with van der Waals surface area (Å²) in [7, 11) is 3.05. The molecule has 3 aromatic carbocycles. The molecule has 2 spiro atoms. The van der Waals surface area contributed by atoms with Crippen LogP contribution < -0.4 is 14.8 Å². The molecule has 9 nitrogen and oxygen atoms in total. The molecule has 3 aliphatic heterocycles. The summed E-state index contributed by atoms with van der Waals surface area (Å²) in [6.45, 7) is 0. The lowest BCUT2D eigenvalue weighted by Gasteiger charge is -2.44. The van der Waals surface area contributed by atoms with Crippen LogP contribution in [-0.4, -0.2) is 53.4 Å². The summed E-state index contributed by atoms with van der Waals surface area (Å²) in [6.07, 6.45) is 0.227. The molecule has 4 aliphatic rings. The smallest absolute Gasteiger partial charge is 0.269 e. The first-order valence-corrected chi connectivity index (χ1v) is 14.3. The highest BCUT2D eigenvalue weighted by Crippen LogP contribution is 2.71. The second-order valence-electron chi connectivity index (χ2n) is 10.5. The number of non-ortho nitro benzene ring substituents is 1. The molecule has 0 aromatic heterocycles. The molecule has 204 valence electrons. The predicted molar refractivity (Wildman–Crippen MR) is 151 cm³/mol. The summed E-state index contributed by atoms with van der Waals surface area (Å²) in [6, 6.07) is 15.1. The van der Waals surface area contributed by atoms with Crippen molar-refractivity contribution in [1.29, 1.82) is 0 Å². The number of nitro benzene ring substituents is 1. The normalized spacial score (nSPS) is 28.1. The van der Waals surface area contributed by atoms with Gasteiger partial charge in [0.25, 0.3) is 11.6 Å². The van der Waals surface area contributed by atoms with Crippen molar-refractivity contribution in [2.75, 3.05) is 31.2 Å². The number of anilines is 1. The quantitative estimate of drug-likeness (QED) is 0.340. The number of thioether (sulfide) groups is 1. The number of hydrogen-bond acceptors (Lipinski definition) is 8. The van der Waals surface area contributed by atoms with Crippen molar-refractivity contribution >= 4 is 46.4 Å². The zero-order valence-corrected chi connectivity index (χ0v) is 23.2. The van der Waals surface area contributed by atoms with E-state index in [-0.39, 0.29) is 29.8 Å². The van der Waals surface area contributed by atoms with Gasteiger partial charge < -0.3 is 14.8 Å². The van der Waals surface area contributed by atoms with E-state index < -0.39 is 21.8 Å². The number of rotatable bonds is 4. The highest BCUT2D eigenvalue weighted by Gasteiger charge is 2.79. The lowest BCUT2D eigenvalue weighted by atomic mass is 9.58. The number of nitrogens with one attached hydrogen (secondary N) is 1. The maximum Gasteiger partial charge on any atom is 0.269 e. The van der Waals surface area contributed by atoms with Crippen LogP contribution in [0.3, 0.4) is 0 Å². The third-order valence-corrected chi connectivity index (χ3v) is 10.4.